The second kappa shape index (κ2) is 7.31. The van der Waals surface area contributed by atoms with Crippen molar-refractivity contribution in [3.05, 3.63) is 58.7 Å². The summed E-state index contributed by atoms with van der Waals surface area (Å²) in [6, 6.07) is 7.30. The van der Waals surface area contributed by atoms with Crippen molar-refractivity contribution in [2.75, 3.05) is 19.6 Å². The van der Waals surface area contributed by atoms with Gasteiger partial charge in [0.2, 0.25) is 0 Å². The molecule has 5 nitrogen and oxygen atoms in total. The number of nitrogens with zero attached hydrogens (tertiary/aromatic N) is 3. The van der Waals surface area contributed by atoms with Crippen LogP contribution in [0.1, 0.15) is 37.3 Å². The molecule has 1 aliphatic carbocycles. The summed E-state index contributed by atoms with van der Waals surface area (Å²) in [4.78, 5) is 26.5. The van der Waals surface area contributed by atoms with E-state index in [2.05, 4.69) is 27.0 Å². The quantitative estimate of drug-likeness (QED) is 0.872. The zero-order chi connectivity index (χ0) is 17.1. The highest BCUT2D eigenvalue weighted by molar-refractivity contribution is 5.48. The molecule has 0 aromatic carbocycles. The number of H-pyrrole nitrogens is 1. The molecular weight excluding hydrogens is 312 g/mol. The van der Waals surface area contributed by atoms with Gasteiger partial charge in [-0.25, -0.2) is 4.98 Å². The van der Waals surface area contributed by atoms with Gasteiger partial charge in [-0.2, -0.15) is 0 Å². The molecule has 0 amide bonds. The SMILES string of the molecule is O=c1cc([C@H]2CCN(C[C@H]3CC=CCC3)C2)nc(-c2ccccn2)[nH]1. The van der Waals surface area contributed by atoms with Crippen molar-refractivity contribution < 1.29 is 0 Å². The Hall–Kier alpha value is -2.27. The minimum Gasteiger partial charge on any atom is -0.305 e. The van der Waals surface area contributed by atoms with Gasteiger partial charge in [-0.15, -0.1) is 0 Å². The summed E-state index contributed by atoms with van der Waals surface area (Å²) in [5, 5.41) is 0. The standard InChI is InChI=1S/C20H24N4O/c25-19-12-18(22-20(23-19)17-8-4-5-10-21-17)16-9-11-24(14-16)13-15-6-2-1-3-7-15/h1-2,4-5,8,10,12,15-16H,3,6-7,9,11,13-14H2,(H,22,23,25)/t15-,16-/m0/s1. The molecule has 25 heavy (non-hydrogen) atoms. The first-order valence-corrected chi connectivity index (χ1v) is 9.18. The van der Waals surface area contributed by atoms with Gasteiger partial charge in [0.15, 0.2) is 5.82 Å². The highest BCUT2D eigenvalue weighted by atomic mass is 16.1. The van der Waals surface area contributed by atoms with Crippen molar-refractivity contribution >= 4 is 0 Å². The number of pyridine rings is 1. The summed E-state index contributed by atoms with van der Waals surface area (Å²) in [5.41, 5.74) is 1.52. The first-order chi connectivity index (χ1) is 12.3. The molecule has 5 heteroatoms. The van der Waals surface area contributed by atoms with E-state index in [-0.39, 0.29) is 5.56 Å². The van der Waals surface area contributed by atoms with Crippen LogP contribution in [-0.4, -0.2) is 39.5 Å². The molecule has 3 heterocycles. The molecule has 0 unspecified atom stereocenters. The zero-order valence-electron chi connectivity index (χ0n) is 14.4. The molecule has 2 aliphatic rings. The molecule has 2 atom stereocenters. The number of aromatic nitrogens is 3. The zero-order valence-corrected chi connectivity index (χ0v) is 14.4. The Labute approximate surface area is 147 Å². The van der Waals surface area contributed by atoms with E-state index in [4.69, 9.17) is 4.98 Å². The van der Waals surface area contributed by atoms with Gasteiger partial charge in [0.25, 0.3) is 5.56 Å². The van der Waals surface area contributed by atoms with Crippen molar-refractivity contribution in [2.24, 2.45) is 5.92 Å². The Morgan fingerprint density at radius 3 is 3.00 bits per heavy atom. The minimum atomic E-state index is -0.0958. The first-order valence-electron chi connectivity index (χ1n) is 9.18. The molecule has 0 spiro atoms. The molecule has 0 radical (unpaired) electrons. The Morgan fingerprint density at radius 1 is 1.24 bits per heavy atom. The van der Waals surface area contributed by atoms with Gasteiger partial charge in [0, 0.05) is 31.3 Å². The smallest absolute Gasteiger partial charge is 0.251 e. The molecular formula is C20H24N4O. The maximum Gasteiger partial charge on any atom is 0.251 e. The molecule has 130 valence electrons. The Morgan fingerprint density at radius 2 is 2.20 bits per heavy atom. The Bertz CT molecular complexity index is 799. The van der Waals surface area contributed by atoms with Gasteiger partial charge in [-0.1, -0.05) is 18.2 Å². The number of nitrogens with one attached hydrogen (secondary N) is 1. The van der Waals surface area contributed by atoms with Crippen LogP contribution in [0.25, 0.3) is 11.5 Å². The fraction of sp³-hybridized carbons (Fsp3) is 0.450. The fourth-order valence-corrected chi connectivity index (χ4v) is 3.94. The highest BCUT2D eigenvalue weighted by Crippen LogP contribution is 2.28. The molecule has 1 N–H and O–H groups in total. The monoisotopic (exact) mass is 336 g/mol. The van der Waals surface area contributed by atoms with Crippen molar-refractivity contribution in [1.82, 2.24) is 19.9 Å². The minimum absolute atomic E-state index is 0.0958. The summed E-state index contributed by atoms with van der Waals surface area (Å²) in [6.07, 6.45) is 11.1. The summed E-state index contributed by atoms with van der Waals surface area (Å²) in [5.74, 6) is 1.68. The number of rotatable bonds is 4. The normalized spacial score (nSPS) is 23.8. The van der Waals surface area contributed by atoms with E-state index in [1.54, 1.807) is 12.3 Å². The lowest BCUT2D eigenvalue weighted by molar-refractivity contribution is 0.263. The lowest BCUT2D eigenvalue weighted by Crippen LogP contribution is -2.28. The molecule has 4 rings (SSSR count). The summed E-state index contributed by atoms with van der Waals surface area (Å²) in [7, 11) is 0. The number of allylic oxidation sites excluding steroid dienone is 2. The van der Waals surface area contributed by atoms with Crippen LogP contribution in [0.4, 0.5) is 0 Å². The Balaban J connectivity index is 1.48. The van der Waals surface area contributed by atoms with Gasteiger partial charge in [0.05, 0.1) is 5.69 Å². The number of hydrogen-bond donors (Lipinski definition) is 1. The van der Waals surface area contributed by atoms with Crippen LogP contribution in [0.2, 0.25) is 0 Å². The van der Waals surface area contributed by atoms with Crippen LogP contribution in [0.3, 0.4) is 0 Å². The number of likely N-dealkylation sites (tertiary alicyclic amines) is 1. The molecule has 0 saturated carbocycles. The van der Waals surface area contributed by atoms with Crippen molar-refractivity contribution in [3.8, 4) is 11.5 Å². The van der Waals surface area contributed by atoms with Crippen LogP contribution in [0.5, 0.6) is 0 Å². The van der Waals surface area contributed by atoms with E-state index in [1.807, 2.05) is 18.2 Å². The summed E-state index contributed by atoms with van der Waals surface area (Å²) in [6.45, 7) is 3.26. The first kappa shape index (κ1) is 16.2. The maximum atomic E-state index is 12.1. The number of aromatic amines is 1. The molecule has 1 fully saturated rings. The average Bonchev–Trinajstić information content (AvgIpc) is 3.11. The predicted molar refractivity (Wildman–Crippen MR) is 98.4 cm³/mol. The van der Waals surface area contributed by atoms with E-state index in [9.17, 15) is 4.79 Å². The molecule has 1 aliphatic heterocycles. The van der Waals surface area contributed by atoms with Crippen LogP contribution in [0, 0.1) is 5.92 Å². The van der Waals surface area contributed by atoms with Gasteiger partial charge in [-0.3, -0.25) is 9.78 Å². The lowest BCUT2D eigenvalue weighted by atomic mass is 9.94. The maximum absolute atomic E-state index is 12.1. The summed E-state index contributed by atoms with van der Waals surface area (Å²) < 4.78 is 0. The van der Waals surface area contributed by atoms with Crippen LogP contribution < -0.4 is 5.56 Å². The lowest BCUT2D eigenvalue weighted by Gasteiger charge is -2.24. The predicted octanol–water partition coefficient (Wildman–Crippen LogP) is 2.98. The van der Waals surface area contributed by atoms with Crippen LogP contribution >= 0.6 is 0 Å². The van der Waals surface area contributed by atoms with Gasteiger partial charge in [-0.05, 0) is 50.3 Å². The van der Waals surface area contributed by atoms with Crippen molar-refractivity contribution in [1.29, 1.82) is 0 Å². The topological polar surface area (TPSA) is 61.9 Å². The highest BCUT2D eigenvalue weighted by Gasteiger charge is 2.27. The van der Waals surface area contributed by atoms with E-state index < -0.39 is 0 Å². The molecule has 2 aromatic heterocycles. The largest absolute Gasteiger partial charge is 0.305 e. The second-order valence-electron chi connectivity index (χ2n) is 7.13. The Kier molecular flexibility index (Phi) is 4.74. The second-order valence-corrected chi connectivity index (χ2v) is 7.13. The van der Waals surface area contributed by atoms with E-state index >= 15 is 0 Å². The third kappa shape index (κ3) is 3.87. The third-order valence-corrected chi connectivity index (χ3v) is 5.25. The molecule has 1 saturated heterocycles. The van der Waals surface area contributed by atoms with Gasteiger partial charge >= 0.3 is 0 Å². The summed E-state index contributed by atoms with van der Waals surface area (Å²) >= 11 is 0. The van der Waals surface area contributed by atoms with Crippen molar-refractivity contribution in [2.45, 2.75) is 31.6 Å². The van der Waals surface area contributed by atoms with Gasteiger partial charge in [0.1, 0.15) is 5.69 Å². The van der Waals surface area contributed by atoms with Gasteiger partial charge < -0.3 is 9.88 Å². The van der Waals surface area contributed by atoms with Crippen molar-refractivity contribution in [3.63, 3.8) is 0 Å². The van der Waals surface area contributed by atoms with Crippen LogP contribution in [-0.2, 0) is 0 Å². The number of hydrogen-bond acceptors (Lipinski definition) is 4. The molecule has 2 aromatic rings. The average molecular weight is 336 g/mol. The van der Waals surface area contributed by atoms with E-state index in [1.165, 1.54) is 19.3 Å². The third-order valence-electron chi connectivity index (χ3n) is 5.25. The van der Waals surface area contributed by atoms with E-state index in [0.29, 0.717) is 17.4 Å². The molecule has 0 bridgehead atoms. The fourth-order valence-electron chi connectivity index (χ4n) is 3.94. The van der Waals surface area contributed by atoms with Crippen LogP contribution in [0.15, 0.2) is 47.4 Å². The van der Waals surface area contributed by atoms with E-state index in [0.717, 1.165) is 37.7 Å².